The SMILES string of the molecule is O=C(c1ccoc1)N1CC(O)CC2(CCN(Cc3cncs3)CC2)C1. The summed E-state index contributed by atoms with van der Waals surface area (Å²) >= 11 is 1.69. The maximum Gasteiger partial charge on any atom is 0.257 e. The molecule has 1 amide bonds. The summed E-state index contributed by atoms with van der Waals surface area (Å²) in [6.45, 7) is 4.08. The van der Waals surface area contributed by atoms with Crippen LogP contribution in [0.2, 0.25) is 0 Å². The zero-order chi connectivity index (χ0) is 17.3. The van der Waals surface area contributed by atoms with Crippen molar-refractivity contribution in [2.24, 2.45) is 5.41 Å². The molecule has 1 unspecified atom stereocenters. The van der Waals surface area contributed by atoms with E-state index in [1.807, 2.05) is 11.7 Å². The number of piperidine rings is 2. The first-order valence-corrected chi connectivity index (χ1v) is 9.61. The minimum Gasteiger partial charge on any atom is -0.472 e. The Balaban J connectivity index is 1.40. The molecule has 4 heterocycles. The van der Waals surface area contributed by atoms with E-state index < -0.39 is 6.10 Å². The molecule has 1 N–H and O–H groups in total. The molecular formula is C18H23N3O3S. The Morgan fingerprint density at radius 3 is 2.96 bits per heavy atom. The molecule has 0 aromatic carbocycles. The first-order valence-electron chi connectivity index (χ1n) is 8.73. The van der Waals surface area contributed by atoms with Gasteiger partial charge in [-0.3, -0.25) is 14.7 Å². The topological polar surface area (TPSA) is 69.8 Å². The molecule has 134 valence electrons. The first-order chi connectivity index (χ1) is 12.1. The molecule has 0 aliphatic carbocycles. The second-order valence-electron chi connectivity index (χ2n) is 7.30. The van der Waals surface area contributed by atoms with Crippen molar-refractivity contribution in [2.75, 3.05) is 26.2 Å². The van der Waals surface area contributed by atoms with E-state index in [-0.39, 0.29) is 11.3 Å². The molecule has 1 atom stereocenters. The summed E-state index contributed by atoms with van der Waals surface area (Å²) in [4.78, 5) is 22.3. The number of aromatic nitrogens is 1. The fraction of sp³-hybridized carbons (Fsp3) is 0.556. The van der Waals surface area contributed by atoms with E-state index in [0.717, 1.165) is 45.4 Å². The minimum absolute atomic E-state index is 0.0290. The summed E-state index contributed by atoms with van der Waals surface area (Å²) in [7, 11) is 0. The van der Waals surface area contributed by atoms with E-state index in [1.165, 1.54) is 17.4 Å². The molecule has 2 aliphatic heterocycles. The Morgan fingerprint density at radius 1 is 1.44 bits per heavy atom. The Kier molecular flexibility index (Phi) is 4.62. The van der Waals surface area contributed by atoms with E-state index in [9.17, 15) is 9.90 Å². The summed E-state index contributed by atoms with van der Waals surface area (Å²) < 4.78 is 5.03. The number of aliphatic hydroxyl groups excluding tert-OH is 1. The van der Waals surface area contributed by atoms with Crippen molar-refractivity contribution in [3.63, 3.8) is 0 Å². The standard InChI is InChI=1S/C18H23N3O3S/c22-15-7-18(12-21(9-15)17(23)14-1-6-24-11-14)2-4-20(5-3-18)10-16-8-19-13-25-16/h1,6,8,11,13,15,22H,2-5,7,9-10,12H2. The molecule has 0 radical (unpaired) electrons. The molecule has 2 aromatic rings. The fourth-order valence-corrected chi connectivity index (χ4v) is 4.80. The average Bonchev–Trinajstić information content (AvgIpc) is 3.29. The van der Waals surface area contributed by atoms with E-state index in [1.54, 1.807) is 22.3 Å². The summed E-state index contributed by atoms with van der Waals surface area (Å²) in [5, 5.41) is 10.4. The van der Waals surface area contributed by atoms with Crippen LogP contribution in [0.1, 0.15) is 34.5 Å². The fourth-order valence-electron chi connectivity index (χ4n) is 4.16. The highest BCUT2D eigenvalue weighted by Crippen LogP contribution is 2.40. The Bertz CT molecular complexity index is 693. The number of furan rings is 1. The normalized spacial score (nSPS) is 23.9. The lowest BCUT2D eigenvalue weighted by atomic mass is 9.71. The molecule has 4 rings (SSSR count). The molecule has 2 aliphatic rings. The second-order valence-corrected chi connectivity index (χ2v) is 8.27. The largest absolute Gasteiger partial charge is 0.472 e. The predicted octanol–water partition coefficient (Wildman–Crippen LogP) is 2.23. The third-order valence-corrected chi connectivity index (χ3v) is 6.23. The van der Waals surface area contributed by atoms with Crippen LogP contribution >= 0.6 is 11.3 Å². The van der Waals surface area contributed by atoms with Crippen molar-refractivity contribution in [1.82, 2.24) is 14.8 Å². The van der Waals surface area contributed by atoms with E-state index >= 15 is 0 Å². The number of rotatable bonds is 3. The van der Waals surface area contributed by atoms with E-state index in [0.29, 0.717) is 12.1 Å². The van der Waals surface area contributed by atoms with Crippen LogP contribution in [0, 0.1) is 5.41 Å². The summed E-state index contributed by atoms with van der Waals surface area (Å²) in [5.74, 6) is -0.0426. The molecule has 2 saturated heterocycles. The van der Waals surface area contributed by atoms with Crippen molar-refractivity contribution in [3.8, 4) is 0 Å². The smallest absolute Gasteiger partial charge is 0.257 e. The summed E-state index contributed by atoms with van der Waals surface area (Å²) in [6.07, 6.45) is 7.30. The van der Waals surface area contributed by atoms with Crippen LogP contribution in [0.4, 0.5) is 0 Å². The van der Waals surface area contributed by atoms with Crippen LogP contribution in [0.15, 0.2) is 34.7 Å². The third-order valence-electron chi connectivity index (χ3n) is 5.46. The van der Waals surface area contributed by atoms with Gasteiger partial charge in [0.2, 0.25) is 0 Å². The van der Waals surface area contributed by atoms with Crippen molar-refractivity contribution in [3.05, 3.63) is 40.7 Å². The average molecular weight is 361 g/mol. The van der Waals surface area contributed by atoms with Gasteiger partial charge in [0.15, 0.2) is 0 Å². The van der Waals surface area contributed by atoms with Crippen molar-refractivity contribution < 1.29 is 14.3 Å². The van der Waals surface area contributed by atoms with Gasteiger partial charge in [0.1, 0.15) is 6.26 Å². The van der Waals surface area contributed by atoms with Gasteiger partial charge in [-0.05, 0) is 43.8 Å². The minimum atomic E-state index is -0.447. The number of nitrogens with zero attached hydrogens (tertiary/aromatic N) is 3. The Labute approximate surface area is 151 Å². The molecule has 2 fully saturated rings. The van der Waals surface area contributed by atoms with Crippen LogP contribution in [-0.2, 0) is 6.54 Å². The lowest BCUT2D eigenvalue weighted by Gasteiger charge is -2.49. The van der Waals surface area contributed by atoms with E-state index in [4.69, 9.17) is 4.42 Å². The zero-order valence-corrected chi connectivity index (χ0v) is 15.0. The third kappa shape index (κ3) is 3.63. The van der Waals surface area contributed by atoms with Gasteiger partial charge in [0, 0.05) is 30.7 Å². The van der Waals surface area contributed by atoms with Crippen LogP contribution in [-0.4, -0.2) is 58.1 Å². The number of hydrogen-bond donors (Lipinski definition) is 1. The van der Waals surface area contributed by atoms with Crippen molar-refractivity contribution >= 4 is 17.2 Å². The van der Waals surface area contributed by atoms with Crippen LogP contribution < -0.4 is 0 Å². The van der Waals surface area contributed by atoms with E-state index in [2.05, 4.69) is 9.88 Å². The first kappa shape index (κ1) is 16.8. The van der Waals surface area contributed by atoms with Crippen molar-refractivity contribution in [1.29, 1.82) is 0 Å². The van der Waals surface area contributed by atoms with Crippen LogP contribution in [0.25, 0.3) is 0 Å². The van der Waals surface area contributed by atoms with Gasteiger partial charge in [0.05, 0.1) is 23.4 Å². The molecule has 6 nitrogen and oxygen atoms in total. The summed E-state index contributed by atoms with van der Waals surface area (Å²) in [6, 6.07) is 1.69. The molecular weight excluding hydrogens is 338 g/mol. The number of carbonyl (C=O) groups excluding carboxylic acids is 1. The number of β-amino-alcohol motifs (C(OH)–C–C–N with tert-alkyl or cyclic N) is 1. The molecule has 0 saturated carbocycles. The lowest BCUT2D eigenvalue weighted by molar-refractivity contribution is -0.0336. The lowest BCUT2D eigenvalue weighted by Crippen LogP contribution is -2.55. The van der Waals surface area contributed by atoms with Gasteiger partial charge in [-0.1, -0.05) is 0 Å². The van der Waals surface area contributed by atoms with Crippen molar-refractivity contribution in [2.45, 2.75) is 31.9 Å². The van der Waals surface area contributed by atoms with Gasteiger partial charge in [-0.25, -0.2) is 0 Å². The Hall–Kier alpha value is -1.70. The van der Waals surface area contributed by atoms with Crippen LogP contribution in [0.5, 0.6) is 0 Å². The number of likely N-dealkylation sites (tertiary alicyclic amines) is 2. The quantitative estimate of drug-likeness (QED) is 0.908. The maximum absolute atomic E-state index is 12.6. The Morgan fingerprint density at radius 2 is 2.28 bits per heavy atom. The predicted molar refractivity (Wildman–Crippen MR) is 94.3 cm³/mol. The zero-order valence-electron chi connectivity index (χ0n) is 14.1. The highest BCUT2D eigenvalue weighted by molar-refractivity contribution is 7.09. The van der Waals surface area contributed by atoms with Gasteiger partial charge in [0.25, 0.3) is 5.91 Å². The summed E-state index contributed by atoms with van der Waals surface area (Å²) in [5.41, 5.74) is 2.46. The van der Waals surface area contributed by atoms with Crippen LogP contribution in [0.3, 0.4) is 0 Å². The maximum atomic E-state index is 12.6. The molecule has 1 spiro atoms. The highest BCUT2D eigenvalue weighted by atomic mass is 32.1. The second kappa shape index (κ2) is 6.90. The van der Waals surface area contributed by atoms with Gasteiger partial charge < -0.3 is 14.4 Å². The number of carbonyl (C=O) groups is 1. The number of hydrogen-bond acceptors (Lipinski definition) is 6. The molecule has 0 bridgehead atoms. The molecule has 7 heteroatoms. The van der Waals surface area contributed by atoms with Gasteiger partial charge in [-0.2, -0.15) is 0 Å². The van der Waals surface area contributed by atoms with Gasteiger partial charge in [-0.15, -0.1) is 11.3 Å². The molecule has 2 aromatic heterocycles. The highest BCUT2D eigenvalue weighted by Gasteiger charge is 2.43. The number of aliphatic hydroxyl groups is 1. The number of thiazole rings is 1. The van der Waals surface area contributed by atoms with Gasteiger partial charge >= 0.3 is 0 Å². The monoisotopic (exact) mass is 361 g/mol. The molecule has 25 heavy (non-hydrogen) atoms. The number of amides is 1.